The molecule has 0 radical (unpaired) electrons. The number of hydrogen-bond donors (Lipinski definition) is 1. The van der Waals surface area contributed by atoms with E-state index in [-0.39, 0.29) is 6.04 Å². The Labute approximate surface area is 143 Å². The van der Waals surface area contributed by atoms with Crippen LogP contribution in [0.2, 0.25) is 10.0 Å². The quantitative estimate of drug-likeness (QED) is 0.746. The number of benzene rings is 1. The van der Waals surface area contributed by atoms with Gasteiger partial charge in [0.25, 0.3) is 0 Å². The van der Waals surface area contributed by atoms with Crippen molar-refractivity contribution >= 4 is 39.1 Å². The van der Waals surface area contributed by atoms with E-state index in [1.807, 2.05) is 22.9 Å². The van der Waals surface area contributed by atoms with Crippen molar-refractivity contribution in [2.24, 2.45) is 0 Å². The Balaban J connectivity index is 2.50. The molecule has 114 valence electrons. The van der Waals surface area contributed by atoms with Crippen molar-refractivity contribution in [1.82, 2.24) is 15.1 Å². The van der Waals surface area contributed by atoms with Crippen molar-refractivity contribution in [2.75, 3.05) is 6.54 Å². The van der Waals surface area contributed by atoms with Gasteiger partial charge in [-0.15, -0.1) is 0 Å². The van der Waals surface area contributed by atoms with Crippen LogP contribution in [0.4, 0.5) is 0 Å². The maximum atomic E-state index is 6.38. The van der Waals surface area contributed by atoms with E-state index in [2.05, 4.69) is 40.2 Å². The molecule has 3 nitrogen and oxygen atoms in total. The third kappa shape index (κ3) is 3.81. The zero-order chi connectivity index (χ0) is 15.4. The average Bonchev–Trinajstić information content (AvgIpc) is 2.79. The largest absolute Gasteiger partial charge is 0.305 e. The van der Waals surface area contributed by atoms with Crippen LogP contribution >= 0.6 is 39.1 Å². The first-order valence-electron chi connectivity index (χ1n) is 6.98. The third-order valence-electron chi connectivity index (χ3n) is 3.22. The number of aromatic nitrogens is 2. The van der Waals surface area contributed by atoms with Gasteiger partial charge in [-0.2, -0.15) is 5.10 Å². The molecule has 6 heteroatoms. The number of aryl methyl sites for hydroxylation is 1. The molecule has 1 aromatic carbocycles. The molecule has 0 aliphatic rings. The molecular weight excluding hydrogens is 373 g/mol. The Bertz CT molecular complexity index is 613. The number of rotatable bonds is 6. The van der Waals surface area contributed by atoms with Gasteiger partial charge < -0.3 is 5.32 Å². The highest BCUT2D eigenvalue weighted by Gasteiger charge is 2.23. The van der Waals surface area contributed by atoms with Gasteiger partial charge in [-0.05, 0) is 30.7 Å². The molecule has 1 heterocycles. The van der Waals surface area contributed by atoms with Crippen LogP contribution in [0, 0.1) is 0 Å². The van der Waals surface area contributed by atoms with Crippen LogP contribution in [0.1, 0.15) is 37.6 Å². The summed E-state index contributed by atoms with van der Waals surface area (Å²) in [4.78, 5) is 0. The monoisotopic (exact) mass is 389 g/mol. The lowest BCUT2D eigenvalue weighted by molar-refractivity contribution is 0.520. The van der Waals surface area contributed by atoms with Crippen molar-refractivity contribution in [1.29, 1.82) is 0 Å². The Kier molecular flexibility index (Phi) is 6.11. The van der Waals surface area contributed by atoms with Gasteiger partial charge in [-0.25, -0.2) is 0 Å². The van der Waals surface area contributed by atoms with Crippen LogP contribution in [-0.2, 0) is 6.54 Å². The van der Waals surface area contributed by atoms with Crippen molar-refractivity contribution in [3.8, 4) is 0 Å². The van der Waals surface area contributed by atoms with Gasteiger partial charge in [0.1, 0.15) is 0 Å². The standard InChI is InChI=1S/C15H18BrCl2N3/c1-3-7-21-15(13(18)9-20-21)14(19-4-2)11-6-5-10(17)8-12(11)16/h5-6,8-9,14,19H,3-4,7H2,1-2H3. The Morgan fingerprint density at radius 3 is 2.71 bits per heavy atom. The average molecular weight is 391 g/mol. The molecule has 0 spiro atoms. The minimum absolute atomic E-state index is 0.0248. The van der Waals surface area contributed by atoms with Crippen molar-refractivity contribution < 1.29 is 0 Å². The smallest absolute Gasteiger partial charge is 0.0837 e. The molecule has 1 atom stereocenters. The zero-order valence-electron chi connectivity index (χ0n) is 12.0. The van der Waals surface area contributed by atoms with Gasteiger partial charge in [0.2, 0.25) is 0 Å². The summed E-state index contributed by atoms with van der Waals surface area (Å²) >= 11 is 16.0. The van der Waals surface area contributed by atoms with E-state index in [0.717, 1.165) is 35.2 Å². The van der Waals surface area contributed by atoms with E-state index in [9.17, 15) is 0 Å². The van der Waals surface area contributed by atoms with E-state index in [0.29, 0.717) is 10.0 Å². The second kappa shape index (κ2) is 7.63. The minimum Gasteiger partial charge on any atom is -0.305 e. The van der Waals surface area contributed by atoms with Crippen LogP contribution in [-0.4, -0.2) is 16.3 Å². The summed E-state index contributed by atoms with van der Waals surface area (Å²) in [5.74, 6) is 0. The summed E-state index contributed by atoms with van der Waals surface area (Å²) < 4.78 is 2.93. The first-order chi connectivity index (χ1) is 10.1. The summed E-state index contributed by atoms with van der Waals surface area (Å²) in [5.41, 5.74) is 2.09. The zero-order valence-corrected chi connectivity index (χ0v) is 15.1. The molecule has 2 aromatic rings. The molecule has 0 aliphatic heterocycles. The lowest BCUT2D eigenvalue weighted by atomic mass is 10.0. The molecule has 0 fully saturated rings. The Morgan fingerprint density at radius 2 is 2.10 bits per heavy atom. The van der Waals surface area contributed by atoms with Crippen LogP contribution < -0.4 is 5.32 Å². The van der Waals surface area contributed by atoms with Gasteiger partial charge in [0.15, 0.2) is 0 Å². The fourth-order valence-electron chi connectivity index (χ4n) is 2.34. The van der Waals surface area contributed by atoms with Crippen molar-refractivity contribution in [3.05, 3.63) is 50.2 Å². The van der Waals surface area contributed by atoms with Crippen molar-refractivity contribution in [2.45, 2.75) is 32.9 Å². The maximum Gasteiger partial charge on any atom is 0.0837 e. The third-order valence-corrected chi connectivity index (χ3v) is 4.44. The molecule has 0 bridgehead atoms. The molecule has 0 saturated heterocycles. The topological polar surface area (TPSA) is 29.9 Å². The summed E-state index contributed by atoms with van der Waals surface area (Å²) in [7, 11) is 0. The van der Waals surface area contributed by atoms with Gasteiger partial charge in [-0.1, -0.05) is 59.0 Å². The number of hydrogen-bond acceptors (Lipinski definition) is 2. The SMILES string of the molecule is CCCn1ncc(Cl)c1C(NCC)c1ccc(Cl)cc1Br. The molecule has 0 saturated carbocycles. The van der Waals surface area contributed by atoms with Crippen LogP contribution in [0.15, 0.2) is 28.9 Å². The summed E-state index contributed by atoms with van der Waals surface area (Å²) in [6.07, 6.45) is 2.71. The summed E-state index contributed by atoms with van der Waals surface area (Å²) in [6.45, 7) is 5.87. The highest BCUT2D eigenvalue weighted by atomic mass is 79.9. The van der Waals surface area contributed by atoms with Crippen LogP contribution in [0.25, 0.3) is 0 Å². The molecule has 1 aromatic heterocycles. The lowest BCUT2D eigenvalue weighted by Gasteiger charge is -2.22. The fourth-order valence-corrected chi connectivity index (χ4v) is 3.50. The van der Waals surface area contributed by atoms with Gasteiger partial charge in [0, 0.05) is 16.0 Å². The lowest BCUT2D eigenvalue weighted by Crippen LogP contribution is -2.25. The second-order valence-electron chi connectivity index (χ2n) is 4.76. The van der Waals surface area contributed by atoms with E-state index in [1.165, 1.54) is 0 Å². The molecular formula is C15H18BrCl2N3. The fraction of sp³-hybridized carbons (Fsp3) is 0.400. The van der Waals surface area contributed by atoms with Crippen LogP contribution in [0.3, 0.4) is 0 Å². The Hall–Kier alpha value is -0.550. The maximum absolute atomic E-state index is 6.38. The van der Waals surface area contributed by atoms with E-state index in [1.54, 1.807) is 6.20 Å². The van der Waals surface area contributed by atoms with Gasteiger partial charge >= 0.3 is 0 Å². The highest BCUT2D eigenvalue weighted by Crippen LogP contribution is 2.34. The predicted molar refractivity (Wildman–Crippen MR) is 92.2 cm³/mol. The highest BCUT2D eigenvalue weighted by molar-refractivity contribution is 9.10. The van der Waals surface area contributed by atoms with Crippen LogP contribution in [0.5, 0.6) is 0 Å². The molecule has 0 aliphatic carbocycles. The molecule has 21 heavy (non-hydrogen) atoms. The van der Waals surface area contributed by atoms with Gasteiger partial charge in [-0.3, -0.25) is 4.68 Å². The summed E-state index contributed by atoms with van der Waals surface area (Å²) in [6, 6.07) is 5.78. The first kappa shape index (κ1) is 16.8. The number of nitrogens with one attached hydrogen (secondary N) is 1. The predicted octanol–water partition coefficient (Wildman–Crippen LogP) is 5.06. The molecule has 1 unspecified atom stereocenters. The normalized spacial score (nSPS) is 12.6. The second-order valence-corrected chi connectivity index (χ2v) is 6.46. The molecule has 1 N–H and O–H groups in total. The number of halogens is 3. The Morgan fingerprint density at radius 1 is 1.33 bits per heavy atom. The first-order valence-corrected chi connectivity index (χ1v) is 8.52. The number of nitrogens with zero attached hydrogens (tertiary/aromatic N) is 2. The van der Waals surface area contributed by atoms with Gasteiger partial charge in [0.05, 0.1) is 23.0 Å². The molecule has 0 amide bonds. The van der Waals surface area contributed by atoms with E-state index in [4.69, 9.17) is 23.2 Å². The van der Waals surface area contributed by atoms with Crippen molar-refractivity contribution in [3.63, 3.8) is 0 Å². The summed E-state index contributed by atoms with van der Waals surface area (Å²) in [5, 5.41) is 9.25. The van der Waals surface area contributed by atoms with E-state index < -0.39 is 0 Å². The van der Waals surface area contributed by atoms with E-state index >= 15 is 0 Å². The minimum atomic E-state index is -0.0248. The molecule has 2 rings (SSSR count).